The molecule has 154 valence electrons. The fourth-order valence-electron chi connectivity index (χ4n) is 2.98. The van der Waals surface area contributed by atoms with Gasteiger partial charge in [-0.25, -0.2) is 9.78 Å². The van der Waals surface area contributed by atoms with Crippen molar-refractivity contribution < 1.29 is 14.3 Å². The summed E-state index contributed by atoms with van der Waals surface area (Å²) in [5, 5.41) is 0.614. The monoisotopic (exact) mass is 421 g/mol. The van der Waals surface area contributed by atoms with Crippen molar-refractivity contribution in [1.29, 1.82) is 0 Å². The first-order valence-electron chi connectivity index (χ1n) is 9.79. The number of halogens is 1. The molecule has 0 atom stereocenters. The molecule has 0 saturated carbocycles. The number of nitrogens with zero attached hydrogens (tertiary/aromatic N) is 1. The molecule has 2 aromatic carbocycles. The number of hydrogen-bond donors (Lipinski definition) is 0. The van der Waals surface area contributed by atoms with E-state index in [4.69, 9.17) is 21.1 Å². The van der Waals surface area contributed by atoms with Gasteiger partial charge in [0.05, 0.1) is 12.3 Å². The van der Waals surface area contributed by atoms with E-state index in [0.717, 1.165) is 22.4 Å². The Labute approximate surface area is 182 Å². The first kappa shape index (κ1) is 21.6. The van der Waals surface area contributed by atoms with Gasteiger partial charge >= 0.3 is 5.97 Å². The molecule has 1 heterocycles. The van der Waals surface area contributed by atoms with E-state index in [9.17, 15) is 4.79 Å². The van der Waals surface area contributed by atoms with E-state index in [2.05, 4.69) is 4.98 Å². The van der Waals surface area contributed by atoms with Crippen LogP contribution in [0.5, 0.6) is 5.75 Å². The lowest BCUT2D eigenvalue weighted by molar-refractivity contribution is 0.0519. The number of pyridine rings is 1. The molecular formula is C25H24ClNO3. The predicted octanol–water partition coefficient (Wildman–Crippen LogP) is 6.59. The van der Waals surface area contributed by atoms with Gasteiger partial charge in [0.15, 0.2) is 0 Å². The third kappa shape index (κ3) is 5.28. The number of aromatic nitrogens is 1. The topological polar surface area (TPSA) is 48.4 Å². The van der Waals surface area contributed by atoms with Crippen LogP contribution in [0.1, 0.15) is 31.3 Å². The molecular weight excluding hydrogens is 398 g/mol. The summed E-state index contributed by atoms with van der Waals surface area (Å²) in [5.41, 5.74) is 4.79. The molecule has 0 bridgehead atoms. The Balaban J connectivity index is 2.07. The van der Waals surface area contributed by atoms with Gasteiger partial charge in [-0.3, -0.25) is 0 Å². The Bertz CT molecular complexity index is 1070. The summed E-state index contributed by atoms with van der Waals surface area (Å²) >= 11 is 6.31. The highest BCUT2D eigenvalue weighted by molar-refractivity contribution is 6.31. The lowest BCUT2D eigenvalue weighted by Gasteiger charge is -2.15. The van der Waals surface area contributed by atoms with Gasteiger partial charge in [-0.05, 0) is 62.7 Å². The first-order chi connectivity index (χ1) is 14.5. The van der Waals surface area contributed by atoms with Gasteiger partial charge in [0, 0.05) is 16.1 Å². The van der Waals surface area contributed by atoms with Gasteiger partial charge in [-0.1, -0.05) is 47.5 Å². The lowest BCUT2D eigenvalue weighted by atomic mass is 9.96. The molecule has 0 radical (unpaired) electrons. The van der Waals surface area contributed by atoms with Gasteiger partial charge in [0.2, 0.25) is 0 Å². The van der Waals surface area contributed by atoms with Crippen molar-refractivity contribution in [3.63, 3.8) is 0 Å². The number of hydrogen-bond acceptors (Lipinski definition) is 4. The summed E-state index contributed by atoms with van der Waals surface area (Å²) in [7, 11) is 0. The number of rotatable bonds is 7. The number of carbonyl (C=O) groups is 1. The molecule has 0 amide bonds. The van der Waals surface area contributed by atoms with E-state index in [1.165, 1.54) is 5.57 Å². The summed E-state index contributed by atoms with van der Waals surface area (Å²) in [5.74, 6) is 0.288. The van der Waals surface area contributed by atoms with Crippen LogP contribution in [0.25, 0.3) is 22.4 Å². The predicted molar refractivity (Wildman–Crippen MR) is 121 cm³/mol. The van der Waals surface area contributed by atoms with Crippen LogP contribution in [0.4, 0.5) is 0 Å². The molecule has 0 N–H and O–H groups in total. The molecule has 0 aliphatic heterocycles. The summed E-state index contributed by atoms with van der Waals surface area (Å²) < 4.78 is 11.1. The Morgan fingerprint density at radius 1 is 1.00 bits per heavy atom. The highest BCUT2D eigenvalue weighted by Crippen LogP contribution is 2.38. The highest BCUT2D eigenvalue weighted by Gasteiger charge is 2.15. The highest BCUT2D eigenvalue weighted by atomic mass is 35.5. The van der Waals surface area contributed by atoms with E-state index < -0.39 is 5.97 Å². The fourth-order valence-corrected chi connectivity index (χ4v) is 3.15. The van der Waals surface area contributed by atoms with Crippen molar-refractivity contribution in [3.8, 4) is 28.1 Å². The number of ether oxygens (including phenoxy) is 2. The minimum atomic E-state index is -0.440. The molecule has 0 aliphatic carbocycles. The molecule has 3 rings (SSSR count). The Kier molecular flexibility index (Phi) is 7.26. The molecule has 30 heavy (non-hydrogen) atoms. The molecule has 4 nitrogen and oxygen atoms in total. The molecule has 1 aromatic heterocycles. The average molecular weight is 422 g/mol. The zero-order chi connectivity index (χ0) is 21.5. The molecule has 0 aliphatic rings. The molecule has 5 heteroatoms. The van der Waals surface area contributed by atoms with E-state index in [1.54, 1.807) is 19.1 Å². The van der Waals surface area contributed by atoms with Crippen LogP contribution < -0.4 is 4.74 Å². The van der Waals surface area contributed by atoms with E-state index >= 15 is 0 Å². The minimum Gasteiger partial charge on any atom is -0.489 e. The Morgan fingerprint density at radius 3 is 2.50 bits per heavy atom. The first-order valence-corrected chi connectivity index (χ1v) is 10.2. The zero-order valence-corrected chi connectivity index (χ0v) is 18.1. The second-order valence-corrected chi connectivity index (χ2v) is 7.34. The van der Waals surface area contributed by atoms with Crippen molar-refractivity contribution in [2.45, 2.75) is 20.8 Å². The van der Waals surface area contributed by atoms with Gasteiger partial charge < -0.3 is 9.47 Å². The molecule has 0 spiro atoms. The van der Waals surface area contributed by atoms with Crippen LogP contribution in [0.2, 0.25) is 5.02 Å². The number of allylic oxidation sites excluding steroid dienone is 1. The van der Waals surface area contributed by atoms with Crippen LogP contribution in [-0.2, 0) is 4.74 Å². The third-order valence-corrected chi connectivity index (χ3v) is 4.63. The van der Waals surface area contributed by atoms with Crippen molar-refractivity contribution in [2.75, 3.05) is 13.2 Å². The van der Waals surface area contributed by atoms with Crippen LogP contribution in [0.15, 0.2) is 72.3 Å². The molecule has 0 saturated heterocycles. The fraction of sp³-hybridized carbons (Fsp3) is 0.200. The maximum absolute atomic E-state index is 12.1. The van der Waals surface area contributed by atoms with Crippen molar-refractivity contribution in [3.05, 3.63) is 83.0 Å². The summed E-state index contributed by atoms with van der Waals surface area (Å²) in [6.07, 6.45) is 2.02. The van der Waals surface area contributed by atoms with Crippen LogP contribution in [0.3, 0.4) is 0 Å². The summed E-state index contributed by atoms with van der Waals surface area (Å²) in [4.78, 5) is 16.7. The largest absolute Gasteiger partial charge is 0.489 e. The van der Waals surface area contributed by atoms with Gasteiger partial charge in [0.1, 0.15) is 18.1 Å². The lowest BCUT2D eigenvalue weighted by Crippen LogP contribution is -2.07. The molecule has 3 aromatic rings. The van der Waals surface area contributed by atoms with Gasteiger partial charge in [-0.2, -0.15) is 0 Å². The van der Waals surface area contributed by atoms with Crippen molar-refractivity contribution in [2.24, 2.45) is 0 Å². The Morgan fingerprint density at radius 2 is 1.77 bits per heavy atom. The van der Waals surface area contributed by atoms with E-state index in [1.807, 2.05) is 68.5 Å². The molecule has 0 unspecified atom stereocenters. The smallest absolute Gasteiger partial charge is 0.356 e. The third-order valence-electron chi connectivity index (χ3n) is 4.40. The van der Waals surface area contributed by atoms with Crippen LogP contribution in [-0.4, -0.2) is 24.2 Å². The average Bonchev–Trinajstić information content (AvgIpc) is 2.75. The van der Waals surface area contributed by atoms with E-state index in [-0.39, 0.29) is 5.69 Å². The standard InChI is InChI=1S/C25H24ClNO3/c1-4-29-25(28)23-11-7-10-22(27-23)20-9-6-5-8-19(20)21-16-18(26)12-13-24(21)30-15-14-17(2)3/h5-14,16H,4,15H2,1-3H3. The van der Waals surface area contributed by atoms with Crippen LogP contribution in [0, 0.1) is 0 Å². The number of carbonyl (C=O) groups excluding carboxylic acids is 1. The van der Waals surface area contributed by atoms with E-state index in [0.29, 0.717) is 23.9 Å². The second kappa shape index (κ2) is 10.1. The van der Waals surface area contributed by atoms with Crippen molar-refractivity contribution >= 4 is 17.6 Å². The van der Waals surface area contributed by atoms with Gasteiger partial charge in [-0.15, -0.1) is 0 Å². The summed E-state index contributed by atoms with van der Waals surface area (Å²) in [6.45, 7) is 6.60. The quantitative estimate of drug-likeness (QED) is 0.319. The molecule has 0 fully saturated rings. The Hall–Kier alpha value is -3.11. The minimum absolute atomic E-state index is 0.273. The maximum atomic E-state index is 12.1. The second-order valence-electron chi connectivity index (χ2n) is 6.91. The number of benzene rings is 2. The van der Waals surface area contributed by atoms with Crippen LogP contribution >= 0.6 is 11.6 Å². The van der Waals surface area contributed by atoms with Gasteiger partial charge in [0.25, 0.3) is 0 Å². The maximum Gasteiger partial charge on any atom is 0.356 e. The zero-order valence-electron chi connectivity index (χ0n) is 17.3. The number of esters is 1. The summed E-state index contributed by atoms with van der Waals surface area (Å²) in [6, 6.07) is 18.7. The van der Waals surface area contributed by atoms with Crippen molar-refractivity contribution in [1.82, 2.24) is 4.98 Å². The normalized spacial score (nSPS) is 10.4. The SMILES string of the molecule is CCOC(=O)c1cccc(-c2ccccc2-c2cc(Cl)ccc2OCC=C(C)C)n1.